The highest BCUT2D eigenvalue weighted by Gasteiger charge is 2.33. The van der Waals surface area contributed by atoms with Crippen LogP contribution < -0.4 is 9.08 Å². The molecule has 1 amide bonds. The van der Waals surface area contributed by atoms with Crippen molar-refractivity contribution in [3.05, 3.63) is 88.4 Å². The minimum Gasteiger partial charge on any atom is -0.379 e. The number of halogens is 4. The van der Waals surface area contributed by atoms with Gasteiger partial charge in [-0.1, -0.05) is 35.9 Å². The van der Waals surface area contributed by atoms with Crippen LogP contribution >= 0.6 is 11.6 Å². The number of amides is 1. The number of alkyl halides is 3. The monoisotopic (exact) mass is 624 g/mol. The number of carbonyl (C=O) groups is 1. The van der Waals surface area contributed by atoms with Gasteiger partial charge in [-0.25, -0.2) is 0 Å². The molecule has 4 rings (SSSR count). The normalized spacial score (nSPS) is 15.4. The van der Waals surface area contributed by atoms with Crippen LogP contribution in [-0.2, 0) is 27.6 Å². The van der Waals surface area contributed by atoms with Crippen LogP contribution in [0.3, 0.4) is 0 Å². The Kier molecular flexibility index (Phi) is 10.1. The lowest BCUT2D eigenvalue weighted by molar-refractivity contribution is -0.137. The first-order valence-corrected chi connectivity index (χ1v) is 15.4. The fourth-order valence-electron chi connectivity index (χ4n) is 4.80. The summed E-state index contributed by atoms with van der Waals surface area (Å²) in [6.07, 6.45) is -3.35. The van der Waals surface area contributed by atoms with Crippen molar-refractivity contribution < 1.29 is 35.3 Å². The van der Waals surface area contributed by atoms with E-state index < -0.39 is 26.8 Å². The zero-order chi connectivity index (χ0) is 30.5. The quantitative estimate of drug-likeness (QED) is 0.219. The van der Waals surface area contributed by atoms with E-state index in [9.17, 15) is 26.4 Å². The minimum absolute atomic E-state index is 0.0596. The molecule has 1 atom stereocenters. The average molecular weight is 625 g/mol. The van der Waals surface area contributed by atoms with Crippen molar-refractivity contribution in [1.82, 2.24) is 4.90 Å². The first kappa shape index (κ1) is 31.7. The van der Waals surface area contributed by atoms with E-state index in [1.165, 1.54) is 11.0 Å². The van der Waals surface area contributed by atoms with Crippen molar-refractivity contribution >= 4 is 33.3 Å². The fraction of sp³-hybridized carbons (Fsp3) is 0.367. The van der Waals surface area contributed by atoms with Crippen molar-refractivity contribution in [3.63, 3.8) is 0 Å². The van der Waals surface area contributed by atoms with Crippen LogP contribution in [0.2, 0.25) is 5.02 Å². The summed E-state index contributed by atoms with van der Waals surface area (Å²) in [6, 6.07) is 15.0. The van der Waals surface area contributed by atoms with Gasteiger partial charge in [0.15, 0.2) is 0 Å². The van der Waals surface area contributed by atoms with Crippen molar-refractivity contribution in [3.8, 4) is 5.75 Å². The van der Waals surface area contributed by atoms with Gasteiger partial charge >= 0.3 is 16.3 Å². The minimum atomic E-state index is -4.73. The van der Waals surface area contributed by atoms with E-state index in [1.807, 2.05) is 18.7 Å². The van der Waals surface area contributed by atoms with Crippen LogP contribution in [-0.4, -0.2) is 51.6 Å². The molecule has 0 bridgehead atoms. The number of hydrogen-bond acceptors (Lipinski definition) is 6. The van der Waals surface area contributed by atoms with Gasteiger partial charge < -0.3 is 18.7 Å². The van der Waals surface area contributed by atoms with E-state index in [1.54, 1.807) is 36.4 Å². The number of nitrogens with zero attached hydrogens (tertiary/aromatic N) is 2. The van der Waals surface area contributed by atoms with Gasteiger partial charge in [0.2, 0.25) is 0 Å². The summed E-state index contributed by atoms with van der Waals surface area (Å²) in [6.45, 7) is 5.84. The molecule has 0 saturated carbocycles. The highest BCUT2D eigenvalue weighted by Crippen LogP contribution is 2.34. The molecule has 3 aromatic rings. The maximum Gasteiger partial charge on any atom is 0.416 e. The number of anilines is 1. The SMILES string of the molecule is CCN(CC)c1ccc(CN(C[C@@H]2CCCO2)C(=O)c2ccccc2Cl)c(OS(=O)(=O)c2cccc(C(F)(F)F)c2)c1. The van der Waals surface area contributed by atoms with Gasteiger partial charge in [-0.05, 0) is 63.1 Å². The van der Waals surface area contributed by atoms with Gasteiger partial charge in [-0.3, -0.25) is 4.79 Å². The Balaban J connectivity index is 1.74. The molecule has 1 fully saturated rings. The summed E-state index contributed by atoms with van der Waals surface area (Å²) in [5, 5.41) is 0.264. The second-order valence-electron chi connectivity index (χ2n) is 9.83. The van der Waals surface area contributed by atoms with E-state index in [-0.39, 0.29) is 41.4 Å². The lowest BCUT2D eigenvalue weighted by Gasteiger charge is -2.28. The Bertz CT molecular complexity index is 1510. The molecule has 1 aliphatic heterocycles. The number of rotatable bonds is 11. The van der Waals surface area contributed by atoms with Crippen LogP contribution in [0.15, 0.2) is 71.6 Å². The van der Waals surface area contributed by atoms with Gasteiger partial charge in [0.05, 0.1) is 22.3 Å². The Labute approximate surface area is 248 Å². The molecule has 12 heteroatoms. The lowest BCUT2D eigenvalue weighted by Crippen LogP contribution is -2.37. The predicted octanol–water partition coefficient (Wildman–Crippen LogP) is 6.79. The summed E-state index contributed by atoms with van der Waals surface area (Å²) < 4.78 is 77.9. The van der Waals surface area contributed by atoms with Gasteiger partial charge in [-0.2, -0.15) is 21.6 Å². The lowest BCUT2D eigenvalue weighted by atomic mass is 10.1. The van der Waals surface area contributed by atoms with Crippen LogP contribution in [0, 0.1) is 0 Å². The number of carbonyl (C=O) groups excluding carboxylic acids is 1. The summed E-state index contributed by atoms with van der Waals surface area (Å²) in [4.78, 5) is 16.5. The highest BCUT2D eigenvalue weighted by atomic mass is 35.5. The molecular formula is C30H32ClF3N2O5S. The molecule has 0 spiro atoms. The summed E-state index contributed by atoms with van der Waals surface area (Å²) >= 11 is 6.33. The molecule has 0 unspecified atom stereocenters. The molecule has 0 aliphatic carbocycles. The Morgan fingerprint density at radius 1 is 1.05 bits per heavy atom. The molecule has 7 nitrogen and oxygen atoms in total. The van der Waals surface area contributed by atoms with Crippen LogP contribution in [0.5, 0.6) is 5.75 Å². The van der Waals surface area contributed by atoms with Crippen LogP contribution in [0.25, 0.3) is 0 Å². The third-order valence-electron chi connectivity index (χ3n) is 7.03. The van der Waals surface area contributed by atoms with Crippen LogP contribution in [0.4, 0.5) is 18.9 Å². The fourth-order valence-corrected chi connectivity index (χ4v) is 6.02. The van der Waals surface area contributed by atoms with Crippen molar-refractivity contribution in [1.29, 1.82) is 0 Å². The standard InChI is InChI=1S/C30H32ClF3N2O5S/c1-3-35(4-2)23-15-14-21(28(18-23)41-42(38,39)25-11-7-9-22(17-25)30(32,33)34)19-36(20-24-10-8-16-40-24)29(37)26-12-5-6-13-27(26)31/h5-7,9,11-15,17-18,24H,3-4,8,10,16,19-20H2,1-2H3/t24-/m0/s1. The number of benzene rings is 3. The summed E-state index contributed by atoms with van der Waals surface area (Å²) in [5.74, 6) is -0.475. The molecule has 3 aromatic carbocycles. The van der Waals surface area contributed by atoms with E-state index in [4.69, 9.17) is 20.5 Å². The van der Waals surface area contributed by atoms with E-state index in [0.29, 0.717) is 37.0 Å². The Morgan fingerprint density at radius 2 is 1.79 bits per heavy atom. The van der Waals surface area contributed by atoms with Gasteiger partial charge in [-0.15, -0.1) is 0 Å². The molecular weight excluding hydrogens is 593 g/mol. The molecule has 0 N–H and O–H groups in total. The van der Waals surface area contributed by atoms with Crippen molar-refractivity contribution in [2.24, 2.45) is 0 Å². The molecule has 1 heterocycles. The van der Waals surface area contributed by atoms with Gasteiger partial charge in [0.1, 0.15) is 10.6 Å². The Hall–Kier alpha value is -3.28. The molecule has 0 radical (unpaired) electrons. The third kappa shape index (κ3) is 7.56. The van der Waals surface area contributed by atoms with Crippen molar-refractivity contribution in [2.75, 3.05) is 31.1 Å². The molecule has 226 valence electrons. The maximum absolute atomic E-state index is 13.7. The average Bonchev–Trinajstić information content (AvgIpc) is 3.47. The molecule has 1 aliphatic rings. The number of ether oxygens (including phenoxy) is 1. The summed E-state index contributed by atoms with van der Waals surface area (Å²) in [5.41, 5.74) is 0.161. The van der Waals surface area contributed by atoms with E-state index in [0.717, 1.165) is 31.0 Å². The van der Waals surface area contributed by atoms with Gasteiger partial charge in [0, 0.05) is 50.1 Å². The Morgan fingerprint density at radius 3 is 2.43 bits per heavy atom. The van der Waals surface area contributed by atoms with E-state index in [2.05, 4.69) is 0 Å². The second kappa shape index (κ2) is 13.4. The summed E-state index contributed by atoms with van der Waals surface area (Å²) in [7, 11) is -4.68. The molecule has 42 heavy (non-hydrogen) atoms. The van der Waals surface area contributed by atoms with Gasteiger partial charge in [0.25, 0.3) is 5.91 Å². The predicted molar refractivity (Wildman–Crippen MR) is 154 cm³/mol. The topological polar surface area (TPSA) is 76.2 Å². The molecule has 0 aromatic heterocycles. The first-order valence-electron chi connectivity index (χ1n) is 13.6. The third-order valence-corrected chi connectivity index (χ3v) is 8.59. The highest BCUT2D eigenvalue weighted by molar-refractivity contribution is 7.87. The zero-order valence-electron chi connectivity index (χ0n) is 23.2. The van der Waals surface area contributed by atoms with E-state index >= 15 is 0 Å². The largest absolute Gasteiger partial charge is 0.416 e. The zero-order valence-corrected chi connectivity index (χ0v) is 24.8. The van der Waals surface area contributed by atoms with Crippen LogP contribution in [0.1, 0.15) is 48.2 Å². The second-order valence-corrected chi connectivity index (χ2v) is 11.8. The molecule has 1 saturated heterocycles. The smallest absolute Gasteiger partial charge is 0.379 e. The number of hydrogen-bond donors (Lipinski definition) is 0. The first-order chi connectivity index (χ1) is 19.9. The van der Waals surface area contributed by atoms with Crippen molar-refractivity contribution in [2.45, 2.75) is 50.4 Å². The maximum atomic E-state index is 13.7.